The van der Waals surface area contributed by atoms with Crippen LogP contribution in [0.5, 0.6) is 5.75 Å². The molecule has 5 heteroatoms. The Labute approximate surface area is 68.7 Å². The second-order valence-electron chi connectivity index (χ2n) is 2.43. The Morgan fingerprint density at radius 1 is 1.50 bits per heavy atom. The van der Waals surface area contributed by atoms with Crippen LogP contribution in [0.3, 0.4) is 0 Å². The summed E-state index contributed by atoms with van der Waals surface area (Å²) in [5.41, 5.74) is 1.27. The molecule has 62 valence electrons. The molecule has 2 aromatic rings. The lowest BCUT2D eigenvalue weighted by Crippen LogP contribution is -1.95. The van der Waals surface area contributed by atoms with Crippen LogP contribution in [-0.2, 0) is 6.54 Å². The van der Waals surface area contributed by atoms with Gasteiger partial charge in [0, 0.05) is 6.54 Å². The van der Waals surface area contributed by atoms with Gasteiger partial charge < -0.3 is 5.11 Å². The van der Waals surface area contributed by atoms with Gasteiger partial charge in [-0.1, -0.05) is 5.21 Å². The highest BCUT2D eigenvalue weighted by Gasteiger charge is 2.06. The van der Waals surface area contributed by atoms with Crippen LogP contribution in [0, 0.1) is 0 Å². The number of nitrogens with zero attached hydrogens (tertiary/aromatic N) is 4. The van der Waals surface area contributed by atoms with Crippen molar-refractivity contribution in [2.45, 2.75) is 13.5 Å². The standard InChI is InChI=1S/C7H8N4O/c1-2-11-5-3-8-4-6(12)7(5)9-10-11/h3-4,12H,2H2,1H3. The van der Waals surface area contributed by atoms with Gasteiger partial charge in [-0.2, -0.15) is 0 Å². The molecule has 0 saturated carbocycles. The molecule has 2 heterocycles. The van der Waals surface area contributed by atoms with E-state index in [0.29, 0.717) is 5.52 Å². The Bertz CT molecular complexity index is 409. The van der Waals surface area contributed by atoms with Crippen molar-refractivity contribution in [2.75, 3.05) is 0 Å². The maximum absolute atomic E-state index is 9.30. The van der Waals surface area contributed by atoms with Crippen LogP contribution in [0.25, 0.3) is 11.0 Å². The zero-order valence-corrected chi connectivity index (χ0v) is 6.60. The first kappa shape index (κ1) is 7.02. The summed E-state index contributed by atoms with van der Waals surface area (Å²) in [5, 5.41) is 17.0. The maximum Gasteiger partial charge on any atom is 0.163 e. The molecule has 0 atom stereocenters. The minimum absolute atomic E-state index is 0.0761. The minimum atomic E-state index is 0.0761. The Kier molecular flexibility index (Phi) is 1.43. The second-order valence-corrected chi connectivity index (χ2v) is 2.43. The van der Waals surface area contributed by atoms with E-state index in [1.165, 1.54) is 6.20 Å². The van der Waals surface area contributed by atoms with Gasteiger partial charge >= 0.3 is 0 Å². The molecule has 0 spiro atoms. The number of hydrogen-bond donors (Lipinski definition) is 1. The lowest BCUT2D eigenvalue weighted by molar-refractivity contribution is 0.478. The summed E-state index contributed by atoms with van der Waals surface area (Å²) in [7, 11) is 0. The third-order valence-corrected chi connectivity index (χ3v) is 1.71. The van der Waals surface area contributed by atoms with Crippen LogP contribution in [-0.4, -0.2) is 25.1 Å². The fourth-order valence-corrected chi connectivity index (χ4v) is 1.10. The summed E-state index contributed by atoms with van der Waals surface area (Å²) < 4.78 is 1.68. The van der Waals surface area contributed by atoms with Crippen LogP contribution in [0.2, 0.25) is 0 Å². The summed E-state index contributed by atoms with van der Waals surface area (Å²) in [6.07, 6.45) is 3.00. The summed E-state index contributed by atoms with van der Waals surface area (Å²) >= 11 is 0. The molecule has 0 saturated heterocycles. The van der Waals surface area contributed by atoms with E-state index in [1.54, 1.807) is 10.9 Å². The normalized spacial score (nSPS) is 10.8. The van der Waals surface area contributed by atoms with Gasteiger partial charge in [0.25, 0.3) is 0 Å². The first-order valence-corrected chi connectivity index (χ1v) is 3.69. The molecule has 0 fully saturated rings. The van der Waals surface area contributed by atoms with E-state index in [9.17, 15) is 5.11 Å². The van der Waals surface area contributed by atoms with Crippen molar-refractivity contribution in [1.29, 1.82) is 0 Å². The molecule has 0 aromatic carbocycles. The Morgan fingerprint density at radius 2 is 2.33 bits per heavy atom. The van der Waals surface area contributed by atoms with Crippen molar-refractivity contribution in [1.82, 2.24) is 20.0 Å². The van der Waals surface area contributed by atoms with Gasteiger partial charge in [-0.3, -0.25) is 4.98 Å². The van der Waals surface area contributed by atoms with Crippen molar-refractivity contribution in [3.05, 3.63) is 12.4 Å². The molecule has 0 aliphatic heterocycles. The first-order valence-electron chi connectivity index (χ1n) is 3.69. The Hall–Kier alpha value is -1.65. The third kappa shape index (κ3) is 0.827. The molecule has 0 unspecified atom stereocenters. The van der Waals surface area contributed by atoms with E-state index in [0.717, 1.165) is 12.1 Å². The largest absolute Gasteiger partial charge is 0.504 e. The Balaban J connectivity index is 2.80. The average Bonchev–Trinajstić information content (AvgIpc) is 2.49. The van der Waals surface area contributed by atoms with Gasteiger partial charge in [0.05, 0.1) is 12.4 Å². The summed E-state index contributed by atoms with van der Waals surface area (Å²) in [5.74, 6) is 0.0761. The highest BCUT2D eigenvalue weighted by Crippen LogP contribution is 2.19. The Morgan fingerprint density at radius 3 is 3.08 bits per heavy atom. The topological polar surface area (TPSA) is 63.8 Å². The highest BCUT2D eigenvalue weighted by atomic mass is 16.3. The van der Waals surface area contributed by atoms with Gasteiger partial charge in [0.1, 0.15) is 5.52 Å². The number of hydrogen-bond acceptors (Lipinski definition) is 4. The third-order valence-electron chi connectivity index (χ3n) is 1.71. The molecule has 1 N–H and O–H groups in total. The SMILES string of the molecule is CCn1nnc2c(O)cncc21. The van der Waals surface area contributed by atoms with E-state index in [2.05, 4.69) is 15.3 Å². The molecule has 0 aliphatic rings. The second kappa shape index (κ2) is 2.44. The minimum Gasteiger partial charge on any atom is -0.504 e. The molecule has 0 amide bonds. The summed E-state index contributed by atoms with van der Waals surface area (Å²) in [6.45, 7) is 2.68. The van der Waals surface area contributed by atoms with Crippen LogP contribution in [0.4, 0.5) is 0 Å². The molecular weight excluding hydrogens is 156 g/mol. The van der Waals surface area contributed by atoms with Crippen molar-refractivity contribution < 1.29 is 5.11 Å². The molecule has 0 aliphatic carbocycles. The van der Waals surface area contributed by atoms with Gasteiger partial charge in [0.15, 0.2) is 11.3 Å². The number of pyridine rings is 1. The van der Waals surface area contributed by atoms with E-state index in [4.69, 9.17) is 0 Å². The zero-order chi connectivity index (χ0) is 8.55. The quantitative estimate of drug-likeness (QED) is 0.668. The van der Waals surface area contributed by atoms with Crippen molar-refractivity contribution in [3.8, 4) is 5.75 Å². The van der Waals surface area contributed by atoms with E-state index < -0.39 is 0 Å². The molecular formula is C7H8N4O. The van der Waals surface area contributed by atoms with Crippen LogP contribution in [0.1, 0.15) is 6.92 Å². The highest BCUT2D eigenvalue weighted by molar-refractivity contribution is 5.79. The summed E-state index contributed by atoms with van der Waals surface area (Å²) in [6, 6.07) is 0. The van der Waals surface area contributed by atoms with Crippen molar-refractivity contribution >= 4 is 11.0 Å². The monoisotopic (exact) mass is 164 g/mol. The van der Waals surface area contributed by atoms with Crippen LogP contribution < -0.4 is 0 Å². The number of aromatic hydroxyl groups is 1. The molecule has 0 bridgehead atoms. The smallest absolute Gasteiger partial charge is 0.163 e. The molecule has 2 aromatic heterocycles. The fraction of sp³-hybridized carbons (Fsp3) is 0.286. The first-order chi connectivity index (χ1) is 5.83. The molecule has 12 heavy (non-hydrogen) atoms. The number of rotatable bonds is 1. The van der Waals surface area contributed by atoms with E-state index in [1.807, 2.05) is 6.92 Å². The lowest BCUT2D eigenvalue weighted by atomic mass is 10.4. The van der Waals surface area contributed by atoms with Crippen molar-refractivity contribution in [2.24, 2.45) is 0 Å². The van der Waals surface area contributed by atoms with Crippen molar-refractivity contribution in [3.63, 3.8) is 0 Å². The number of fused-ring (bicyclic) bond motifs is 1. The number of aromatic nitrogens is 4. The van der Waals surface area contributed by atoms with Gasteiger partial charge in [-0.05, 0) is 6.92 Å². The molecule has 2 rings (SSSR count). The summed E-state index contributed by atoms with van der Waals surface area (Å²) in [4.78, 5) is 3.84. The van der Waals surface area contributed by atoms with Gasteiger partial charge in [0.2, 0.25) is 0 Å². The lowest BCUT2D eigenvalue weighted by Gasteiger charge is -1.94. The molecule has 5 nitrogen and oxygen atoms in total. The average molecular weight is 164 g/mol. The zero-order valence-electron chi connectivity index (χ0n) is 6.60. The van der Waals surface area contributed by atoms with Crippen LogP contribution in [0.15, 0.2) is 12.4 Å². The van der Waals surface area contributed by atoms with Gasteiger partial charge in [-0.25, -0.2) is 4.68 Å². The predicted octanol–water partition coefficient (Wildman–Crippen LogP) is 0.552. The fourth-order valence-electron chi connectivity index (χ4n) is 1.10. The molecule has 0 radical (unpaired) electrons. The van der Waals surface area contributed by atoms with Crippen LogP contribution >= 0.6 is 0 Å². The number of aryl methyl sites for hydroxylation is 1. The van der Waals surface area contributed by atoms with E-state index in [-0.39, 0.29) is 5.75 Å². The van der Waals surface area contributed by atoms with Gasteiger partial charge in [-0.15, -0.1) is 5.10 Å². The maximum atomic E-state index is 9.30. The predicted molar refractivity (Wildman–Crippen MR) is 42.7 cm³/mol. The van der Waals surface area contributed by atoms with E-state index >= 15 is 0 Å².